The van der Waals surface area contributed by atoms with Crippen LogP contribution in [0.3, 0.4) is 0 Å². The zero-order chi connectivity index (χ0) is 11.5. The Morgan fingerprint density at radius 1 is 1.38 bits per heavy atom. The molecule has 2 heterocycles. The zero-order valence-electron chi connectivity index (χ0n) is 10.4. The molecule has 16 heavy (non-hydrogen) atoms. The Morgan fingerprint density at radius 3 is 2.81 bits per heavy atom. The van der Waals surface area contributed by atoms with E-state index in [1.807, 2.05) is 7.05 Å². The molecule has 1 aliphatic heterocycles. The number of aromatic nitrogens is 4. The lowest BCUT2D eigenvalue weighted by molar-refractivity contribution is 0.0779. The summed E-state index contributed by atoms with van der Waals surface area (Å²) in [6.07, 6.45) is 5.18. The van der Waals surface area contributed by atoms with Gasteiger partial charge in [-0.2, -0.15) is 0 Å². The fourth-order valence-corrected chi connectivity index (χ4v) is 2.61. The highest BCUT2D eigenvalue weighted by atomic mass is 15.5. The number of hydrogen-bond donors (Lipinski definition) is 0. The van der Waals surface area contributed by atoms with Crippen LogP contribution in [0.5, 0.6) is 0 Å². The smallest absolute Gasteiger partial charge is 0.165 e. The molecule has 0 aliphatic carbocycles. The van der Waals surface area contributed by atoms with Crippen LogP contribution >= 0.6 is 0 Å². The average Bonchev–Trinajstić information content (AvgIpc) is 2.67. The van der Waals surface area contributed by atoms with E-state index < -0.39 is 0 Å². The van der Waals surface area contributed by atoms with Crippen LogP contribution in [0.4, 0.5) is 0 Å². The molecule has 1 aromatic rings. The van der Waals surface area contributed by atoms with Crippen molar-refractivity contribution < 1.29 is 0 Å². The van der Waals surface area contributed by atoms with Gasteiger partial charge in [0.25, 0.3) is 0 Å². The van der Waals surface area contributed by atoms with Gasteiger partial charge in [-0.1, -0.05) is 13.3 Å². The Morgan fingerprint density at radius 2 is 2.19 bits per heavy atom. The highest BCUT2D eigenvalue weighted by molar-refractivity contribution is 4.87. The molecule has 90 valence electrons. The van der Waals surface area contributed by atoms with Gasteiger partial charge in [-0.15, -0.1) is 5.10 Å². The minimum atomic E-state index is 0.649. The maximum absolute atomic E-state index is 4.07. The van der Waals surface area contributed by atoms with Crippen molar-refractivity contribution >= 4 is 0 Å². The van der Waals surface area contributed by atoms with Crippen molar-refractivity contribution in [3.05, 3.63) is 5.82 Å². The lowest BCUT2D eigenvalue weighted by Gasteiger charge is -2.39. The Hall–Kier alpha value is -0.970. The molecule has 0 unspecified atom stereocenters. The van der Waals surface area contributed by atoms with Crippen LogP contribution in [0, 0.1) is 0 Å². The summed E-state index contributed by atoms with van der Waals surface area (Å²) in [5.74, 6) is 0.965. The van der Waals surface area contributed by atoms with Crippen LogP contribution in [-0.2, 0) is 13.6 Å². The first-order valence-corrected chi connectivity index (χ1v) is 6.19. The molecule has 5 nitrogen and oxygen atoms in total. The minimum absolute atomic E-state index is 0.649. The van der Waals surface area contributed by atoms with Gasteiger partial charge in [0.2, 0.25) is 0 Å². The summed E-state index contributed by atoms with van der Waals surface area (Å²) < 4.78 is 1.77. The van der Waals surface area contributed by atoms with Gasteiger partial charge >= 0.3 is 0 Å². The van der Waals surface area contributed by atoms with E-state index in [1.54, 1.807) is 4.68 Å². The first-order chi connectivity index (χ1) is 7.72. The van der Waals surface area contributed by atoms with Gasteiger partial charge in [0.05, 0.1) is 6.54 Å². The van der Waals surface area contributed by atoms with Gasteiger partial charge < -0.3 is 0 Å². The molecule has 0 N–H and O–H groups in total. The van der Waals surface area contributed by atoms with Crippen molar-refractivity contribution in [2.45, 2.75) is 58.2 Å². The summed E-state index contributed by atoms with van der Waals surface area (Å²) in [7, 11) is 1.91. The topological polar surface area (TPSA) is 46.8 Å². The first-order valence-electron chi connectivity index (χ1n) is 6.19. The Bertz CT molecular complexity index is 335. The van der Waals surface area contributed by atoms with Gasteiger partial charge in [0, 0.05) is 19.1 Å². The molecule has 1 aliphatic rings. The van der Waals surface area contributed by atoms with Crippen LogP contribution < -0.4 is 0 Å². The maximum Gasteiger partial charge on any atom is 0.165 e. The van der Waals surface area contributed by atoms with Gasteiger partial charge in [0.1, 0.15) is 0 Å². The maximum atomic E-state index is 4.07. The fourth-order valence-electron chi connectivity index (χ4n) is 2.61. The number of piperidine rings is 1. The van der Waals surface area contributed by atoms with E-state index >= 15 is 0 Å². The summed E-state index contributed by atoms with van der Waals surface area (Å²) in [4.78, 5) is 2.55. The van der Waals surface area contributed by atoms with Crippen molar-refractivity contribution in [3.63, 3.8) is 0 Å². The summed E-state index contributed by atoms with van der Waals surface area (Å²) >= 11 is 0. The minimum Gasteiger partial charge on any atom is -0.290 e. The molecule has 0 amide bonds. The third-order valence-corrected chi connectivity index (χ3v) is 3.70. The van der Waals surface area contributed by atoms with Crippen LogP contribution in [0.15, 0.2) is 0 Å². The predicted molar refractivity (Wildman–Crippen MR) is 61.7 cm³/mol. The molecule has 0 aromatic carbocycles. The van der Waals surface area contributed by atoms with Crippen LogP contribution in [0.25, 0.3) is 0 Å². The first kappa shape index (κ1) is 11.5. The van der Waals surface area contributed by atoms with Gasteiger partial charge in [0.15, 0.2) is 5.82 Å². The standard InChI is InChI=1S/C11H21N5/c1-4-10-7-5-6-9(2)16(10)8-11-12-13-14-15(11)3/h9-10H,4-8H2,1-3H3/t9-,10+/m0/s1. The third kappa shape index (κ3) is 2.24. The van der Waals surface area contributed by atoms with Crippen LogP contribution in [-0.4, -0.2) is 37.2 Å². The SMILES string of the molecule is CC[C@@H]1CCC[C@H](C)N1Cc1nnnn1C. The fraction of sp³-hybridized carbons (Fsp3) is 0.909. The van der Waals surface area contributed by atoms with Crippen LogP contribution in [0.1, 0.15) is 45.4 Å². The zero-order valence-corrected chi connectivity index (χ0v) is 10.4. The summed E-state index contributed by atoms with van der Waals surface area (Å²) in [6.45, 7) is 5.46. The number of rotatable bonds is 3. The molecule has 1 saturated heterocycles. The van der Waals surface area contributed by atoms with E-state index in [4.69, 9.17) is 0 Å². The summed E-state index contributed by atoms with van der Waals surface area (Å²) in [5.41, 5.74) is 0. The molecule has 1 fully saturated rings. The van der Waals surface area contributed by atoms with Crippen molar-refractivity contribution in [1.82, 2.24) is 25.1 Å². The average molecular weight is 223 g/mol. The molecule has 0 saturated carbocycles. The monoisotopic (exact) mass is 223 g/mol. The van der Waals surface area contributed by atoms with Crippen LogP contribution in [0.2, 0.25) is 0 Å². The Labute approximate surface area is 96.8 Å². The molecule has 0 spiro atoms. The number of nitrogens with zero attached hydrogens (tertiary/aromatic N) is 5. The van der Waals surface area contributed by atoms with Gasteiger partial charge in [-0.25, -0.2) is 4.68 Å². The number of hydrogen-bond acceptors (Lipinski definition) is 4. The van der Waals surface area contributed by atoms with Crippen molar-refractivity contribution in [2.24, 2.45) is 7.05 Å². The van der Waals surface area contributed by atoms with E-state index in [0.717, 1.165) is 12.4 Å². The van der Waals surface area contributed by atoms with E-state index in [0.29, 0.717) is 12.1 Å². The van der Waals surface area contributed by atoms with E-state index in [9.17, 15) is 0 Å². The normalized spacial score (nSPS) is 27.2. The Kier molecular flexibility index (Phi) is 3.53. The Balaban J connectivity index is 2.08. The highest BCUT2D eigenvalue weighted by Crippen LogP contribution is 2.25. The quantitative estimate of drug-likeness (QED) is 0.776. The summed E-state index contributed by atoms with van der Waals surface area (Å²) in [6, 6.07) is 1.34. The second-order valence-corrected chi connectivity index (χ2v) is 4.73. The van der Waals surface area contributed by atoms with Crippen molar-refractivity contribution in [3.8, 4) is 0 Å². The second kappa shape index (κ2) is 4.91. The van der Waals surface area contributed by atoms with E-state index in [-0.39, 0.29) is 0 Å². The summed E-state index contributed by atoms with van der Waals surface area (Å²) in [5, 5.41) is 11.7. The highest BCUT2D eigenvalue weighted by Gasteiger charge is 2.27. The lowest BCUT2D eigenvalue weighted by Crippen LogP contribution is -2.44. The molecule has 2 atom stereocenters. The third-order valence-electron chi connectivity index (χ3n) is 3.70. The van der Waals surface area contributed by atoms with Gasteiger partial charge in [-0.3, -0.25) is 4.90 Å². The molecule has 0 bridgehead atoms. The number of likely N-dealkylation sites (tertiary alicyclic amines) is 1. The van der Waals surface area contributed by atoms with Gasteiger partial charge in [-0.05, 0) is 36.6 Å². The molecular weight excluding hydrogens is 202 g/mol. The van der Waals surface area contributed by atoms with E-state index in [2.05, 4.69) is 34.3 Å². The molecule has 2 rings (SSSR count). The molecular formula is C11H21N5. The van der Waals surface area contributed by atoms with Crippen molar-refractivity contribution in [1.29, 1.82) is 0 Å². The number of tetrazole rings is 1. The number of aryl methyl sites for hydroxylation is 1. The van der Waals surface area contributed by atoms with Crippen molar-refractivity contribution in [2.75, 3.05) is 0 Å². The van der Waals surface area contributed by atoms with E-state index in [1.165, 1.54) is 25.7 Å². The lowest BCUT2D eigenvalue weighted by atomic mass is 9.95. The second-order valence-electron chi connectivity index (χ2n) is 4.73. The molecule has 0 radical (unpaired) electrons. The molecule has 1 aromatic heterocycles. The predicted octanol–water partition coefficient (Wildman–Crippen LogP) is 1.36. The largest absolute Gasteiger partial charge is 0.290 e. The molecule has 5 heteroatoms.